The van der Waals surface area contributed by atoms with E-state index in [0.29, 0.717) is 5.75 Å². The lowest BCUT2D eigenvalue weighted by atomic mass is 10.2. The maximum Gasteiger partial charge on any atom is 0.234 e. The lowest BCUT2D eigenvalue weighted by Gasteiger charge is -2.26. The van der Waals surface area contributed by atoms with Gasteiger partial charge in [-0.3, -0.25) is 9.69 Å². The zero-order chi connectivity index (χ0) is 20.6. The predicted molar refractivity (Wildman–Crippen MR) is 119 cm³/mol. The van der Waals surface area contributed by atoms with E-state index in [1.807, 2.05) is 19.1 Å². The standard InChI is InChI=1S/C22H32N4O2S/c1-4-5-10-26-18(3)17(2)23-22(26)29-16-21(27)24-20-8-6-19(7-9-20)15-25-11-13-28-14-12-25/h6-9H,4-5,10-16H2,1-3H3,(H,24,27). The number of aromatic nitrogens is 2. The number of nitrogens with zero attached hydrogens (tertiary/aromatic N) is 3. The molecule has 1 aromatic carbocycles. The van der Waals surface area contributed by atoms with Gasteiger partial charge >= 0.3 is 0 Å². The minimum atomic E-state index is -0.00345. The van der Waals surface area contributed by atoms with Crippen molar-refractivity contribution in [3.63, 3.8) is 0 Å². The Morgan fingerprint density at radius 1 is 1.21 bits per heavy atom. The molecular weight excluding hydrogens is 384 g/mol. The van der Waals surface area contributed by atoms with Gasteiger partial charge in [0.2, 0.25) is 5.91 Å². The smallest absolute Gasteiger partial charge is 0.234 e. The number of nitrogens with one attached hydrogen (secondary N) is 1. The Morgan fingerprint density at radius 3 is 2.62 bits per heavy atom. The van der Waals surface area contributed by atoms with Crippen LogP contribution in [0.4, 0.5) is 5.69 Å². The first kappa shape index (κ1) is 21.9. The van der Waals surface area contributed by atoms with E-state index in [4.69, 9.17) is 4.74 Å². The first-order chi connectivity index (χ1) is 14.1. The highest BCUT2D eigenvalue weighted by Crippen LogP contribution is 2.22. The number of carbonyl (C=O) groups excluding carboxylic acids is 1. The van der Waals surface area contributed by atoms with Crippen LogP contribution in [0.1, 0.15) is 36.7 Å². The summed E-state index contributed by atoms with van der Waals surface area (Å²) in [5, 5.41) is 3.93. The highest BCUT2D eigenvalue weighted by Gasteiger charge is 2.14. The van der Waals surface area contributed by atoms with Crippen molar-refractivity contribution in [2.45, 2.75) is 51.9 Å². The second-order valence-corrected chi connectivity index (χ2v) is 8.44. The number of hydrogen-bond acceptors (Lipinski definition) is 5. The third-order valence-electron chi connectivity index (χ3n) is 5.24. The summed E-state index contributed by atoms with van der Waals surface area (Å²) in [5.74, 6) is 0.355. The van der Waals surface area contributed by atoms with Gasteiger partial charge in [0.05, 0.1) is 24.7 Å². The van der Waals surface area contributed by atoms with Crippen LogP contribution < -0.4 is 5.32 Å². The predicted octanol–water partition coefficient (Wildman–Crippen LogP) is 3.86. The van der Waals surface area contributed by atoms with Gasteiger partial charge in [0.1, 0.15) is 0 Å². The molecule has 0 spiro atoms. The molecule has 1 amide bonds. The average molecular weight is 417 g/mol. The number of rotatable bonds is 9. The number of hydrogen-bond donors (Lipinski definition) is 1. The van der Waals surface area contributed by atoms with Gasteiger partial charge in [0.25, 0.3) is 0 Å². The van der Waals surface area contributed by atoms with Crippen molar-refractivity contribution in [3.05, 3.63) is 41.2 Å². The number of carbonyl (C=O) groups is 1. The molecule has 0 atom stereocenters. The first-order valence-electron chi connectivity index (χ1n) is 10.4. The molecule has 1 fully saturated rings. The van der Waals surface area contributed by atoms with E-state index in [9.17, 15) is 4.79 Å². The molecule has 1 aliphatic heterocycles. The molecular formula is C22H32N4O2S. The highest BCUT2D eigenvalue weighted by molar-refractivity contribution is 7.99. The SMILES string of the molecule is CCCCn1c(SCC(=O)Nc2ccc(CN3CCOCC3)cc2)nc(C)c1C. The molecule has 1 saturated heterocycles. The Hall–Kier alpha value is -1.83. The van der Waals surface area contributed by atoms with E-state index in [2.05, 4.69) is 45.7 Å². The molecule has 7 heteroatoms. The number of ether oxygens (including phenoxy) is 1. The summed E-state index contributed by atoms with van der Waals surface area (Å²) in [6, 6.07) is 8.13. The molecule has 0 unspecified atom stereocenters. The molecule has 1 aliphatic rings. The van der Waals surface area contributed by atoms with Crippen molar-refractivity contribution in [1.29, 1.82) is 0 Å². The van der Waals surface area contributed by atoms with Gasteiger partial charge in [0, 0.05) is 37.6 Å². The number of unbranched alkanes of at least 4 members (excludes halogenated alkanes) is 1. The summed E-state index contributed by atoms with van der Waals surface area (Å²) >= 11 is 1.51. The minimum Gasteiger partial charge on any atom is -0.379 e. The number of amides is 1. The van der Waals surface area contributed by atoms with Crippen molar-refractivity contribution in [2.75, 3.05) is 37.4 Å². The van der Waals surface area contributed by atoms with Crippen molar-refractivity contribution < 1.29 is 9.53 Å². The van der Waals surface area contributed by atoms with E-state index < -0.39 is 0 Å². The van der Waals surface area contributed by atoms with Crippen LogP contribution in [0.2, 0.25) is 0 Å². The third kappa shape index (κ3) is 6.32. The van der Waals surface area contributed by atoms with Crippen LogP contribution in [0.15, 0.2) is 29.4 Å². The summed E-state index contributed by atoms with van der Waals surface area (Å²) in [7, 11) is 0. The van der Waals surface area contributed by atoms with E-state index in [1.165, 1.54) is 23.0 Å². The molecule has 6 nitrogen and oxygen atoms in total. The number of imidazole rings is 1. The first-order valence-corrected chi connectivity index (χ1v) is 11.4. The van der Waals surface area contributed by atoms with Crippen LogP contribution >= 0.6 is 11.8 Å². The molecule has 1 N–H and O–H groups in total. The van der Waals surface area contributed by atoms with Crippen LogP contribution in [0.3, 0.4) is 0 Å². The average Bonchev–Trinajstić information content (AvgIpc) is 3.00. The van der Waals surface area contributed by atoms with Gasteiger partial charge in [-0.25, -0.2) is 4.98 Å². The molecule has 0 bridgehead atoms. The van der Waals surface area contributed by atoms with Crippen LogP contribution in [-0.2, 0) is 22.6 Å². The van der Waals surface area contributed by atoms with E-state index in [-0.39, 0.29) is 5.91 Å². The largest absolute Gasteiger partial charge is 0.379 e. The van der Waals surface area contributed by atoms with Crippen LogP contribution in [-0.4, -0.2) is 52.4 Å². The monoisotopic (exact) mass is 416 g/mol. The molecule has 0 radical (unpaired) electrons. The van der Waals surface area contributed by atoms with Crippen molar-refractivity contribution in [1.82, 2.24) is 14.5 Å². The zero-order valence-electron chi connectivity index (χ0n) is 17.7. The minimum absolute atomic E-state index is 0.00345. The number of anilines is 1. The second kappa shape index (κ2) is 10.8. The summed E-state index contributed by atoms with van der Waals surface area (Å²) in [6.07, 6.45) is 2.26. The molecule has 1 aromatic heterocycles. The normalized spacial score (nSPS) is 14.9. The lowest BCUT2D eigenvalue weighted by molar-refractivity contribution is -0.113. The molecule has 29 heavy (non-hydrogen) atoms. The number of aryl methyl sites for hydroxylation is 1. The molecule has 2 heterocycles. The Kier molecular flexibility index (Phi) is 8.15. The summed E-state index contributed by atoms with van der Waals surface area (Å²) < 4.78 is 7.63. The van der Waals surface area contributed by atoms with Gasteiger partial charge in [-0.1, -0.05) is 37.2 Å². The van der Waals surface area contributed by atoms with Gasteiger partial charge in [-0.15, -0.1) is 0 Å². The van der Waals surface area contributed by atoms with Gasteiger partial charge < -0.3 is 14.6 Å². The Bertz CT molecular complexity index is 798. The fourth-order valence-corrected chi connectivity index (χ4v) is 4.27. The quantitative estimate of drug-likeness (QED) is 0.629. The second-order valence-electron chi connectivity index (χ2n) is 7.49. The van der Waals surface area contributed by atoms with E-state index >= 15 is 0 Å². The van der Waals surface area contributed by atoms with Gasteiger partial charge in [0.15, 0.2) is 5.16 Å². The fourth-order valence-electron chi connectivity index (χ4n) is 3.35. The summed E-state index contributed by atoms with van der Waals surface area (Å²) in [6.45, 7) is 11.8. The topological polar surface area (TPSA) is 59.4 Å². The summed E-state index contributed by atoms with van der Waals surface area (Å²) in [5.41, 5.74) is 4.32. The Morgan fingerprint density at radius 2 is 1.93 bits per heavy atom. The highest BCUT2D eigenvalue weighted by atomic mass is 32.2. The van der Waals surface area contributed by atoms with Crippen molar-refractivity contribution in [2.24, 2.45) is 0 Å². The van der Waals surface area contributed by atoms with Gasteiger partial charge in [-0.05, 0) is 38.0 Å². The Labute approximate surface area is 178 Å². The maximum absolute atomic E-state index is 12.4. The zero-order valence-corrected chi connectivity index (χ0v) is 18.6. The van der Waals surface area contributed by atoms with Crippen LogP contribution in [0.25, 0.3) is 0 Å². The summed E-state index contributed by atoms with van der Waals surface area (Å²) in [4.78, 5) is 19.4. The van der Waals surface area contributed by atoms with Crippen molar-refractivity contribution >= 4 is 23.4 Å². The van der Waals surface area contributed by atoms with Crippen molar-refractivity contribution in [3.8, 4) is 0 Å². The molecule has 0 saturated carbocycles. The number of morpholine rings is 1. The Balaban J connectivity index is 1.50. The number of benzene rings is 1. The number of thioether (sulfide) groups is 1. The third-order valence-corrected chi connectivity index (χ3v) is 6.21. The van der Waals surface area contributed by atoms with E-state index in [1.54, 1.807) is 0 Å². The molecule has 3 rings (SSSR count). The molecule has 158 valence electrons. The molecule has 0 aliphatic carbocycles. The van der Waals surface area contributed by atoms with Crippen LogP contribution in [0.5, 0.6) is 0 Å². The van der Waals surface area contributed by atoms with E-state index in [0.717, 1.165) is 68.8 Å². The maximum atomic E-state index is 12.4. The van der Waals surface area contributed by atoms with Gasteiger partial charge in [-0.2, -0.15) is 0 Å². The fraction of sp³-hybridized carbons (Fsp3) is 0.545. The van der Waals surface area contributed by atoms with Crippen LogP contribution in [0, 0.1) is 13.8 Å². The lowest BCUT2D eigenvalue weighted by Crippen LogP contribution is -2.35. The molecule has 2 aromatic rings.